The Labute approximate surface area is 244 Å². The molecule has 40 heavy (non-hydrogen) atoms. The molecule has 198 valence electrons. The van der Waals surface area contributed by atoms with Gasteiger partial charge in [-0.1, -0.05) is 53.9 Å². The number of nitrogens with zero attached hydrogens (tertiary/aromatic N) is 4. The fourth-order valence-corrected chi connectivity index (χ4v) is 9.42. The highest BCUT2D eigenvalue weighted by Gasteiger charge is 2.43. The number of thiazole rings is 2. The Bertz CT molecular complexity index is 1660. The number of aromatic nitrogens is 2. The van der Waals surface area contributed by atoms with Gasteiger partial charge in [0.1, 0.15) is 10.5 Å². The van der Waals surface area contributed by atoms with Gasteiger partial charge in [0, 0.05) is 12.8 Å². The maximum atomic E-state index is 13.3. The molecule has 2 fully saturated rings. The van der Waals surface area contributed by atoms with Crippen molar-refractivity contribution in [1.82, 2.24) is 9.97 Å². The first-order chi connectivity index (χ1) is 19.4. The van der Waals surface area contributed by atoms with Crippen molar-refractivity contribution in [3.63, 3.8) is 0 Å². The number of thioether (sulfide) groups is 2. The molecule has 2 aliphatic rings. The van der Waals surface area contributed by atoms with Gasteiger partial charge in [0.25, 0.3) is 0 Å². The summed E-state index contributed by atoms with van der Waals surface area (Å²) >= 11 is 5.55. The number of carbonyl (C=O) groups is 4. The van der Waals surface area contributed by atoms with Gasteiger partial charge < -0.3 is 0 Å². The molecular weight excluding hydrogens is 585 g/mol. The standard InChI is InChI=1S/C28H18N4O4S4/c33-23-13-21(39-27-29-17-8-1-3-10-19(17)37-27)25(35)31(23)15-6-5-7-16(12-15)32-24(34)14-22(26(32)36)40-28-30-18-9-2-4-11-20(18)38-28/h1-12,21-22H,13-14H2. The van der Waals surface area contributed by atoms with Crippen LogP contribution in [0.15, 0.2) is 81.5 Å². The second-order valence-electron chi connectivity index (χ2n) is 9.17. The summed E-state index contributed by atoms with van der Waals surface area (Å²) < 4.78 is 3.50. The maximum Gasteiger partial charge on any atom is 0.247 e. The van der Waals surface area contributed by atoms with Crippen molar-refractivity contribution in [2.45, 2.75) is 32.0 Å². The summed E-state index contributed by atoms with van der Waals surface area (Å²) in [7, 11) is 0. The quantitative estimate of drug-likeness (QED) is 0.227. The van der Waals surface area contributed by atoms with Crippen LogP contribution in [0.3, 0.4) is 0 Å². The minimum absolute atomic E-state index is 0.0477. The van der Waals surface area contributed by atoms with Gasteiger partial charge in [-0.3, -0.25) is 19.2 Å². The normalized spacial score (nSPS) is 19.6. The minimum Gasteiger partial charge on any atom is -0.274 e. The van der Waals surface area contributed by atoms with Gasteiger partial charge in [0.2, 0.25) is 23.6 Å². The van der Waals surface area contributed by atoms with Gasteiger partial charge in [0.05, 0.1) is 31.8 Å². The molecule has 2 aliphatic heterocycles. The summed E-state index contributed by atoms with van der Waals surface area (Å²) in [6.07, 6.45) is 0.0955. The fourth-order valence-electron chi connectivity index (χ4n) is 4.75. The van der Waals surface area contributed by atoms with Crippen LogP contribution in [-0.4, -0.2) is 44.1 Å². The molecule has 2 unspecified atom stereocenters. The lowest BCUT2D eigenvalue weighted by molar-refractivity contribution is -0.122. The molecule has 2 saturated heterocycles. The zero-order valence-corrected chi connectivity index (χ0v) is 23.8. The van der Waals surface area contributed by atoms with E-state index in [1.807, 2.05) is 48.5 Å². The largest absolute Gasteiger partial charge is 0.274 e. The summed E-state index contributed by atoms with van der Waals surface area (Å²) in [4.78, 5) is 64.0. The molecule has 5 aromatic rings. The third-order valence-electron chi connectivity index (χ3n) is 6.59. The lowest BCUT2D eigenvalue weighted by atomic mass is 10.2. The van der Waals surface area contributed by atoms with Crippen molar-refractivity contribution in [2.75, 3.05) is 9.80 Å². The Morgan fingerprint density at radius 3 is 1.52 bits per heavy atom. The number of amides is 4. The van der Waals surface area contributed by atoms with Crippen LogP contribution in [0.25, 0.3) is 20.4 Å². The van der Waals surface area contributed by atoms with Gasteiger partial charge in [-0.25, -0.2) is 19.8 Å². The van der Waals surface area contributed by atoms with Crippen molar-refractivity contribution < 1.29 is 19.2 Å². The van der Waals surface area contributed by atoms with Crippen LogP contribution in [0.5, 0.6) is 0 Å². The van der Waals surface area contributed by atoms with E-state index in [1.165, 1.54) is 46.2 Å². The SMILES string of the molecule is O=C1CC(Sc2nc3ccccc3s2)C(=O)N1c1cccc(N2C(=O)CC(Sc3nc4ccccc4s3)C2=O)c1. The van der Waals surface area contributed by atoms with Crippen LogP contribution < -0.4 is 9.80 Å². The lowest BCUT2D eigenvalue weighted by Crippen LogP contribution is -2.33. The van der Waals surface area contributed by atoms with E-state index in [1.54, 1.807) is 24.3 Å². The lowest BCUT2D eigenvalue weighted by Gasteiger charge is -2.19. The predicted octanol–water partition coefficient (Wildman–Crippen LogP) is 5.75. The van der Waals surface area contributed by atoms with Crippen LogP contribution in [-0.2, 0) is 19.2 Å². The molecule has 0 bridgehead atoms. The van der Waals surface area contributed by atoms with Crippen LogP contribution >= 0.6 is 46.2 Å². The highest BCUT2D eigenvalue weighted by molar-refractivity contribution is 8.02. The first kappa shape index (κ1) is 25.4. The molecule has 0 N–H and O–H groups in total. The van der Waals surface area contributed by atoms with Crippen molar-refractivity contribution in [3.8, 4) is 0 Å². The number of fused-ring (bicyclic) bond motifs is 2. The monoisotopic (exact) mass is 602 g/mol. The van der Waals surface area contributed by atoms with E-state index in [0.717, 1.165) is 38.9 Å². The zero-order chi connectivity index (χ0) is 27.4. The first-order valence-electron chi connectivity index (χ1n) is 12.3. The molecule has 0 saturated carbocycles. The molecule has 0 radical (unpaired) electrons. The summed E-state index contributed by atoms with van der Waals surface area (Å²) in [5.41, 5.74) is 2.39. The topological polar surface area (TPSA) is 101 Å². The van der Waals surface area contributed by atoms with Crippen LogP contribution in [0.2, 0.25) is 0 Å². The summed E-state index contributed by atoms with van der Waals surface area (Å²) in [6.45, 7) is 0. The molecule has 7 rings (SSSR count). The molecule has 8 nitrogen and oxygen atoms in total. The van der Waals surface area contributed by atoms with E-state index in [0.29, 0.717) is 11.4 Å². The number of imide groups is 2. The Hall–Kier alpha value is -3.58. The Morgan fingerprint density at radius 2 is 1.07 bits per heavy atom. The summed E-state index contributed by atoms with van der Waals surface area (Å²) in [6, 6.07) is 22.0. The van der Waals surface area contributed by atoms with Crippen molar-refractivity contribution in [1.29, 1.82) is 0 Å². The van der Waals surface area contributed by atoms with Gasteiger partial charge in [-0.15, -0.1) is 22.7 Å². The summed E-state index contributed by atoms with van der Waals surface area (Å²) in [5, 5.41) is -1.19. The van der Waals surface area contributed by atoms with Crippen molar-refractivity contribution >= 4 is 102 Å². The number of benzene rings is 3. The van der Waals surface area contributed by atoms with E-state index in [9.17, 15) is 19.2 Å². The molecule has 4 heterocycles. The Morgan fingerprint density at radius 1 is 0.625 bits per heavy atom. The first-order valence-corrected chi connectivity index (χ1v) is 15.7. The highest BCUT2D eigenvalue weighted by Crippen LogP contribution is 2.40. The van der Waals surface area contributed by atoms with Gasteiger partial charge in [-0.2, -0.15) is 0 Å². The smallest absolute Gasteiger partial charge is 0.247 e. The number of rotatable bonds is 6. The average molecular weight is 603 g/mol. The Balaban J connectivity index is 1.09. The zero-order valence-electron chi connectivity index (χ0n) is 20.6. The van der Waals surface area contributed by atoms with E-state index in [4.69, 9.17) is 0 Å². The van der Waals surface area contributed by atoms with Crippen LogP contribution in [0.1, 0.15) is 12.8 Å². The fraction of sp³-hybridized carbons (Fsp3) is 0.143. The highest BCUT2D eigenvalue weighted by atomic mass is 32.2. The third-order valence-corrected chi connectivity index (χ3v) is 11.2. The predicted molar refractivity (Wildman–Crippen MR) is 159 cm³/mol. The second kappa shape index (κ2) is 10.1. The molecule has 2 aromatic heterocycles. The Kier molecular flexibility index (Phi) is 6.42. The van der Waals surface area contributed by atoms with Gasteiger partial charge >= 0.3 is 0 Å². The molecular formula is C28H18N4O4S4. The van der Waals surface area contributed by atoms with E-state index >= 15 is 0 Å². The number of hydrogen-bond donors (Lipinski definition) is 0. The van der Waals surface area contributed by atoms with Crippen LogP contribution in [0, 0.1) is 0 Å². The number of anilines is 2. The van der Waals surface area contributed by atoms with E-state index in [2.05, 4.69) is 9.97 Å². The summed E-state index contributed by atoms with van der Waals surface area (Å²) in [5.74, 6) is -1.34. The number of para-hydroxylation sites is 2. The molecule has 12 heteroatoms. The molecule has 3 aromatic carbocycles. The maximum absolute atomic E-state index is 13.3. The number of hydrogen-bond acceptors (Lipinski definition) is 10. The third kappa shape index (κ3) is 4.50. The van der Waals surface area contributed by atoms with E-state index in [-0.39, 0.29) is 36.5 Å². The average Bonchev–Trinajstić information content (AvgIpc) is 3.68. The minimum atomic E-state index is -0.596. The van der Waals surface area contributed by atoms with Crippen molar-refractivity contribution in [2.24, 2.45) is 0 Å². The van der Waals surface area contributed by atoms with Crippen molar-refractivity contribution in [3.05, 3.63) is 72.8 Å². The van der Waals surface area contributed by atoms with Gasteiger partial charge in [-0.05, 0) is 42.5 Å². The second-order valence-corrected chi connectivity index (χ2v) is 14.1. The van der Waals surface area contributed by atoms with Crippen LogP contribution in [0.4, 0.5) is 11.4 Å². The molecule has 0 aliphatic carbocycles. The molecule has 4 amide bonds. The molecule has 0 spiro atoms. The number of carbonyl (C=O) groups excluding carboxylic acids is 4. The van der Waals surface area contributed by atoms with Gasteiger partial charge in [0.15, 0.2) is 8.68 Å². The molecule has 2 atom stereocenters. The van der Waals surface area contributed by atoms with E-state index < -0.39 is 10.5 Å².